The van der Waals surface area contributed by atoms with Gasteiger partial charge in [-0.05, 0) is 33.6 Å². The van der Waals surface area contributed by atoms with Crippen LogP contribution in [0.3, 0.4) is 0 Å². The van der Waals surface area contributed by atoms with Crippen molar-refractivity contribution in [1.29, 1.82) is 0 Å². The Morgan fingerprint density at radius 2 is 1.93 bits per heavy atom. The second kappa shape index (κ2) is 4.37. The van der Waals surface area contributed by atoms with Gasteiger partial charge in [0.2, 0.25) is 0 Å². The van der Waals surface area contributed by atoms with Crippen molar-refractivity contribution in [1.82, 2.24) is 9.03 Å². The number of aliphatic hydroxyl groups excluding tert-OH is 1. The van der Waals surface area contributed by atoms with Crippen LogP contribution >= 0.6 is 0 Å². The van der Waals surface area contributed by atoms with E-state index in [-0.39, 0.29) is 19.2 Å². The van der Waals surface area contributed by atoms with E-state index >= 15 is 0 Å². The van der Waals surface area contributed by atoms with Gasteiger partial charge in [0.05, 0.1) is 6.61 Å². The summed E-state index contributed by atoms with van der Waals surface area (Å²) in [6.45, 7) is 5.44. The van der Waals surface area contributed by atoms with Crippen molar-refractivity contribution in [3.63, 3.8) is 0 Å². The minimum atomic E-state index is -3.46. The van der Waals surface area contributed by atoms with Crippen LogP contribution in [0, 0.1) is 0 Å². The molecule has 1 aliphatic carbocycles. The molecule has 0 radical (unpaired) electrons. The highest BCUT2D eigenvalue weighted by molar-refractivity contribution is 7.87. The standard InChI is InChI=1S/C9H20N2O3S/c1-9(2,3)10-15(13,14)11(6-7-12)8-4-5-8/h8,10,12H,4-7H2,1-3H3. The zero-order valence-electron chi connectivity index (χ0n) is 9.52. The van der Waals surface area contributed by atoms with E-state index in [0.717, 1.165) is 12.8 Å². The lowest BCUT2D eigenvalue weighted by molar-refractivity contribution is 0.247. The van der Waals surface area contributed by atoms with Gasteiger partial charge in [-0.15, -0.1) is 0 Å². The molecule has 1 saturated carbocycles. The molecule has 0 aromatic carbocycles. The average molecular weight is 236 g/mol. The molecule has 0 atom stereocenters. The monoisotopic (exact) mass is 236 g/mol. The average Bonchev–Trinajstić information content (AvgIpc) is 2.77. The molecule has 0 aliphatic heterocycles. The van der Waals surface area contributed by atoms with Crippen molar-refractivity contribution in [3.05, 3.63) is 0 Å². The van der Waals surface area contributed by atoms with Crippen molar-refractivity contribution in [3.8, 4) is 0 Å². The summed E-state index contributed by atoms with van der Waals surface area (Å²) < 4.78 is 27.8. The van der Waals surface area contributed by atoms with E-state index in [9.17, 15) is 8.42 Å². The van der Waals surface area contributed by atoms with E-state index in [1.54, 1.807) is 20.8 Å². The first-order chi connectivity index (χ1) is 6.76. The molecule has 5 nitrogen and oxygen atoms in total. The molecule has 0 aromatic rings. The Morgan fingerprint density at radius 1 is 1.40 bits per heavy atom. The van der Waals surface area contributed by atoms with Gasteiger partial charge in [-0.2, -0.15) is 17.4 Å². The second-order valence-corrected chi connectivity index (χ2v) is 6.55. The molecule has 0 heterocycles. The fourth-order valence-corrected chi connectivity index (χ4v) is 3.22. The number of aliphatic hydroxyl groups is 1. The van der Waals surface area contributed by atoms with Gasteiger partial charge in [0.25, 0.3) is 10.2 Å². The molecule has 0 aromatic heterocycles. The minimum absolute atomic E-state index is 0.0806. The summed E-state index contributed by atoms with van der Waals surface area (Å²) in [6.07, 6.45) is 1.79. The molecule has 0 saturated heterocycles. The first kappa shape index (κ1) is 12.9. The van der Waals surface area contributed by atoms with Gasteiger partial charge < -0.3 is 5.11 Å². The van der Waals surface area contributed by atoms with Gasteiger partial charge in [0, 0.05) is 18.1 Å². The number of hydrogen-bond donors (Lipinski definition) is 2. The zero-order valence-corrected chi connectivity index (χ0v) is 10.3. The molecule has 2 N–H and O–H groups in total. The van der Waals surface area contributed by atoms with Crippen LogP contribution in [0.15, 0.2) is 0 Å². The predicted molar refractivity (Wildman–Crippen MR) is 58.6 cm³/mol. The first-order valence-electron chi connectivity index (χ1n) is 5.18. The lowest BCUT2D eigenvalue weighted by atomic mass is 10.1. The summed E-state index contributed by atoms with van der Waals surface area (Å²) in [6, 6.07) is 0.0806. The van der Waals surface area contributed by atoms with Gasteiger partial charge >= 0.3 is 0 Å². The largest absolute Gasteiger partial charge is 0.395 e. The summed E-state index contributed by atoms with van der Waals surface area (Å²) >= 11 is 0. The molecular formula is C9H20N2O3S. The summed E-state index contributed by atoms with van der Waals surface area (Å²) in [4.78, 5) is 0. The van der Waals surface area contributed by atoms with E-state index in [2.05, 4.69) is 4.72 Å². The number of hydrogen-bond acceptors (Lipinski definition) is 3. The van der Waals surface area contributed by atoms with Crippen LogP contribution in [0.4, 0.5) is 0 Å². The van der Waals surface area contributed by atoms with Crippen LogP contribution in [0.25, 0.3) is 0 Å². The van der Waals surface area contributed by atoms with E-state index in [1.165, 1.54) is 4.31 Å². The van der Waals surface area contributed by atoms with Crippen molar-refractivity contribution >= 4 is 10.2 Å². The quantitative estimate of drug-likeness (QED) is 0.710. The van der Waals surface area contributed by atoms with E-state index in [4.69, 9.17) is 5.11 Å². The third-order valence-electron chi connectivity index (χ3n) is 2.02. The van der Waals surface area contributed by atoms with E-state index < -0.39 is 15.7 Å². The van der Waals surface area contributed by atoms with Crippen LogP contribution in [-0.4, -0.2) is 42.6 Å². The van der Waals surface area contributed by atoms with Crippen LogP contribution in [0.2, 0.25) is 0 Å². The lowest BCUT2D eigenvalue weighted by Gasteiger charge is -2.27. The van der Waals surface area contributed by atoms with Gasteiger partial charge in [-0.1, -0.05) is 0 Å². The first-order valence-corrected chi connectivity index (χ1v) is 6.62. The summed E-state index contributed by atoms with van der Waals surface area (Å²) in [5.74, 6) is 0. The fourth-order valence-electron chi connectivity index (χ4n) is 1.41. The van der Waals surface area contributed by atoms with Gasteiger partial charge in [-0.25, -0.2) is 0 Å². The molecule has 0 unspecified atom stereocenters. The molecule has 1 aliphatic rings. The van der Waals surface area contributed by atoms with Crippen LogP contribution < -0.4 is 4.72 Å². The zero-order chi connectivity index (χ0) is 11.7. The molecular weight excluding hydrogens is 216 g/mol. The second-order valence-electron chi connectivity index (χ2n) is 4.92. The van der Waals surface area contributed by atoms with Crippen LogP contribution in [0.1, 0.15) is 33.6 Å². The number of nitrogens with one attached hydrogen (secondary N) is 1. The summed E-state index contributed by atoms with van der Waals surface area (Å²) in [5, 5.41) is 8.84. The highest BCUT2D eigenvalue weighted by Gasteiger charge is 2.38. The lowest BCUT2D eigenvalue weighted by Crippen LogP contribution is -2.50. The Morgan fingerprint density at radius 3 is 2.27 bits per heavy atom. The van der Waals surface area contributed by atoms with E-state index in [0.29, 0.717) is 0 Å². The summed E-state index contributed by atoms with van der Waals surface area (Å²) in [5.41, 5.74) is -0.485. The Hall–Kier alpha value is -0.170. The Kier molecular flexibility index (Phi) is 3.76. The van der Waals surface area contributed by atoms with Crippen molar-refractivity contribution < 1.29 is 13.5 Å². The molecule has 1 rings (SSSR count). The highest BCUT2D eigenvalue weighted by atomic mass is 32.2. The molecule has 0 spiro atoms. The Bertz CT molecular complexity index is 304. The normalized spacial score (nSPS) is 18.5. The fraction of sp³-hybridized carbons (Fsp3) is 1.00. The molecule has 90 valence electrons. The highest BCUT2D eigenvalue weighted by Crippen LogP contribution is 2.28. The van der Waals surface area contributed by atoms with Crippen molar-refractivity contribution in [2.24, 2.45) is 0 Å². The maximum atomic E-state index is 11.9. The minimum Gasteiger partial charge on any atom is -0.395 e. The van der Waals surface area contributed by atoms with Crippen LogP contribution in [-0.2, 0) is 10.2 Å². The Balaban J connectivity index is 2.72. The Labute approximate surface area is 91.7 Å². The van der Waals surface area contributed by atoms with Crippen LogP contribution in [0.5, 0.6) is 0 Å². The predicted octanol–water partition coefficient (Wildman–Crippen LogP) is 0.0760. The molecule has 0 bridgehead atoms. The third-order valence-corrected chi connectivity index (χ3v) is 3.99. The third kappa shape index (κ3) is 4.06. The smallest absolute Gasteiger partial charge is 0.280 e. The van der Waals surface area contributed by atoms with Gasteiger partial charge in [-0.3, -0.25) is 0 Å². The maximum absolute atomic E-state index is 11.9. The molecule has 15 heavy (non-hydrogen) atoms. The summed E-state index contributed by atoms with van der Waals surface area (Å²) in [7, 11) is -3.46. The van der Waals surface area contributed by atoms with E-state index in [1.807, 2.05) is 0 Å². The van der Waals surface area contributed by atoms with Crippen molar-refractivity contribution in [2.75, 3.05) is 13.2 Å². The number of nitrogens with zero attached hydrogens (tertiary/aromatic N) is 1. The molecule has 1 fully saturated rings. The van der Waals surface area contributed by atoms with Gasteiger partial charge in [0.15, 0.2) is 0 Å². The SMILES string of the molecule is CC(C)(C)NS(=O)(=O)N(CCO)C1CC1. The molecule has 0 amide bonds. The molecule has 6 heteroatoms. The number of rotatable bonds is 5. The maximum Gasteiger partial charge on any atom is 0.280 e. The van der Waals surface area contributed by atoms with Crippen molar-refractivity contribution in [2.45, 2.75) is 45.2 Å². The topological polar surface area (TPSA) is 69.6 Å². The van der Waals surface area contributed by atoms with Gasteiger partial charge in [0.1, 0.15) is 0 Å².